The first kappa shape index (κ1) is 18.0. The second kappa shape index (κ2) is 10.5. The highest BCUT2D eigenvalue weighted by Crippen LogP contribution is 2.05. The van der Waals surface area contributed by atoms with Crippen LogP contribution >= 0.6 is 0 Å². The fourth-order valence-electron chi connectivity index (χ4n) is 2.59. The first-order valence-electron chi connectivity index (χ1n) is 8.87. The largest absolute Gasteiger partial charge is 0.370 e. The van der Waals surface area contributed by atoms with Crippen LogP contribution in [0.25, 0.3) is 0 Å². The number of aliphatic imine (C=N–C) groups is 1. The summed E-state index contributed by atoms with van der Waals surface area (Å²) in [6.45, 7) is 4.61. The van der Waals surface area contributed by atoms with Crippen molar-refractivity contribution in [2.24, 2.45) is 10.7 Å². The van der Waals surface area contributed by atoms with Crippen molar-refractivity contribution in [2.45, 2.75) is 45.6 Å². The average molecular weight is 327 g/mol. The van der Waals surface area contributed by atoms with E-state index in [0.29, 0.717) is 5.96 Å². The van der Waals surface area contributed by atoms with Gasteiger partial charge in [0.05, 0.1) is 0 Å². The summed E-state index contributed by atoms with van der Waals surface area (Å²) in [5, 5.41) is 3.18. The molecule has 0 bridgehead atoms. The molecule has 5 nitrogen and oxygen atoms in total. The molecule has 0 aliphatic rings. The molecule has 0 unspecified atom stereocenters. The lowest BCUT2D eigenvalue weighted by Gasteiger charge is -2.09. The van der Waals surface area contributed by atoms with Crippen LogP contribution < -0.4 is 11.1 Å². The molecule has 2 aromatic rings. The third kappa shape index (κ3) is 6.44. The number of hydrogen-bond acceptors (Lipinski definition) is 2. The zero-order valence-electron chi connectivity index (χ0n) is 14.6. The van der Waals surface area contributed by atoms with E-state index in [9.17, 15) is 0 Å². The average Bonchev–Trinajstić information content (AvgIpc) is 3.03. The fraction of sp³-hybridized carbons (Fsp3) is 0.474. The summed E-state index contributed by atoms with van der Waals surface area (Å²) in [6.07, 6.45) is 9.55. The van der Waals surface area contributed by atoms with Crippen molar-refractivity contribution < 1.29 is 0 Å². The number of guanidine groups is 1. The highest BCUT2D eigenvalue weighted by atomic mass is 15.1. The number of hydrogen-bond donors (Lipinski definition) is 2. The highest BCUT2D eigenvalue weighted by Gasteiger charge is 2.03. The zero-order valence-corrected chi connectivity index (χ0v) is 14.6. The molecule has 0 fully saturated rings. The first-order valence-corrected chi connectivity index (χ1v) is 8.87. The molecule has 0 spiro atoms. The molecule has 2 rings (SSSR count). The van der Waals surface area contributed by atoms with Gasteiger partial charge in [0.1, 0.15) is 5.82 Å². The number of unbranched alkanes of at least 4 members (excludes halogenated alkanes) is 3. The van der Waals surface area contributed by atoms with Gasteiger partial charge in [-0.15, -0.1) is 0 Å². The Morgan fingerprint density at radius 3 is 2.83 bits per heavy atom. The maximum absolute atomic E-state index is 5.90. The van der Waals surface area contributed by atoms with Gasteiger partial charge in [-0.3, -0.25) is 4.99 Å². The lowest BCUT2D eigenvalue weighted by atomic mass is 10.2. The number of benzene rings is 1. The standard InChI is InChI=1S/C19H29N5/c1-2-3-4-8-12-22-19(20)23-13-11-18-21-14-15-24(18)16-17-9-6-5-7-10-17/h5-7,9-10,14-15H,2-4,8,11-13,16H2,1H3,(H3,20,22,23). The molecule has 0 aliphatic carbocycles. The van der Waals surface area contributed by atoms with E-state index in [1.165, 1.54) is 24.8 Å². The van der Waals surface area contributed by atoms with Crippen LogP contribution in [0.4, 0.5) is 0 Å². The second-order valence-electron chi connectivity index (χ2n) is 5.96. The van der Waals surface area contributed by atoms with E-state index in [2.05, 4.69) is 51.0 Å². The predicted octanol–water partition coefficient (Wildman–Crippen LogP) is 2.96. The van der Waals surface area contributed by atoms with Gasteiger partial charge in [-0.1, -0.05) is 56.5 Å². The SMILES string of the molecule is CCCCCCN=C(N)NCCc1nccn1Cc1ccccc1. The van der Waals surface area contributed by atoms with Crippen molar-refractivity contribution in [3.05, 3.63) is 54.1 Å². The van der Waals surface area contributed by atoms with Gasteiger partial charge in [0, 0.05) is 38.4 Å². The molecule has 0 aliphatic heterocycles. The van der Waals surface area contributed by atoms with Crippen LogP contribution in [0.2, 0.25) is 0 Å². The molecule has 0 saturated carbocycles. The number of aromatic nitrogens is 2. The lowest BCUT2D eigenvalue weighted by Crippen LogP contribution is -2.33. The maximum atomic E-state index is 5.90. The van der Waals surface area contributed by atoms with E-state index in [0.717, 1.165) is 38.3 Å². The Labute approximate surface area is 145 Å². The topological polar surface area (TPSA) is 68.2 Å². The molecule has 0 radical (unpaired) electrons. The molecule has 0 atom stereocenters. The molecule has 1 heterocycles. The van der Waals surface area contributed by atoms with Gasteiger partial charge < -0.3 is 15.6 Å². The van der Waals surface area contributed by atoms with Crippen LogP contribution in [-0.2, 0) is 13.0 Å². The summed E-state index contributed by atoms with van der Waals surface area (Å²) in [4.78, 5) is 8.81. The minimum Gasteiger partial charge on any atom is -0.370 e. The first-order chi connectivity index (χ1) is 11.8. The molecule has 24 heavy (non-hydrogen) atoms. The van der Waals surface area contributed by atoms with Crippen LogP contribution in [0.15, 0.2) is 47.7 Å². The molecule has 0 amide bonds. The Bertz CT molecular complexity index is 603. The predicted molar refractivity (Wildman–Crippen MR) is 100 cm³/mol. The van der Waals surface area contributed by atoms with E-state index in [-0.39, 0.29) is 0 Å². The molecule has 1 aromatic carbocycles. The van der Waals surface area contributed by atoms with Gasteiger partial charge in [-0.05, 0) is 12.0 Å². The van der Waals surface area contributed by atoms with Crippen molar-refractivity contribution in [2.75, 3.05) is 13.1 Å². The van der Waals surface area contributed by atoms with Gasteiger partial charge in [-0.2, -0.15) is 0 Å². The summed E-state index contributed by atoms with van der Waals surface area (Å²) in [5.74, 6) is 1.59. The van der Waals surface area contributed by atoms with Gasteiger partial charge >= 0.3 is 0 Å². The molecule has 5 heteroatoms. The Kier molecular flexibility index (Phi) is 7.87. The zero-order chi connectivity index (χ0) is 17.0. The summed E-state index contributed by atoms with van der Waals surface area (Å²) in [7, 11) is 0. The van der Waals surface area contributed by atoms with Crippen molar-refractivity contribution >= 4 is 5.96 Å². The van der Waals surface area contributed by atoms with Crippen LogP contribution in [0.3, 0.4) is 0 Å². The molecule has 130 valence electrons. The number of imidazole rings is 1. The van der Waals surface area contributed by atoms with Gasteiger partial charge in [0.25, 0.3) is 0 Å². The van der Waals surface area contributed by atoms with E-state index < -0.39 is 0 Å². The number of nitrogens with one attached hydrogen (secondary N) is 1. The van der Waals surface area contributed by atoms with Crippen molar-refractivity contribution in [3.8, 4) is 0 Å². The van der Waals surface area contributed by atoms with E-state index >= 15 is 0 Å². The second-order valence-corrected chi connectivity index (χ2v) is 5.96. The molecule has 0 saturated heterocycles. The minimum atomic E-state index is 0.535. The summed E-state index contributed by atoms with van der Waals surface area (Å²) in [6, 6.07) is 10.4. The summed E-state index contributed by atoms with van der Waals surface area (Å²) >= 11 is 0. The third-order valence-corrected chi connectivity index (χ3v) is 3.95. The Balaban J connectivity index is 1.73. The third-order valence-electron chi connectivity index (χ3n) is 3.95. The number of nitrogens with two attached hydrogens (primary N) is 1. The van der Waals surface area contributed by atoms with Crippen molar-refractivity contribution in [3.63, 3.8) is 0 Å². The monoisotopic (exact) mass is 327 g/mol. The van der Waals surface area contributed by atoms with Gasteiger partial charge in [0.2, 0.25) is 0 Å². The Morgan fingerprint density at radius 2 is 2.04 bits per heavy atom. The van der Waals surface area contributed by atoms with E-state index in [1.54, 1.807) is 0 Å². The van der Waals surface area contributed by atoms with E-state index in [4.69, 9.17) is 5.73 Å². The molecule has 1 aromatic heterocycles. The maximum Gasteiger partial charge on any atom is 0.188 e. The number of nitrogens with zero attached hydrogens (tertiary/aromatic N) is 3. The fourth-order valence-corrected chi connectivity index (χ4v) is 2.59. The normalized spacial score (nSPS) is 11.6. The van der Waals surface area contributed by atoms with Gasteiger partial charge in [0.15, 0.2) is 5.96 Å². The quantitative estimate of drug-likeness (QED) is 0.400. The highest BCUT2D eigenvalue weighted by molar-refractivity contribution is 5.77. The summed E-state index contributed by atoms with van der Waals surface area (Å²) < 4.78 is 2.18. The van der Waals surface area contributed by atoms with Crippen molar-refractivity contribution in [1.82, 2.24) is 14.9 Å². The lowest BCUT2D eigenvalue weighted by molar-refractivity contribution is 0.671. The molecular weight excluding hydrogens is 298 g/mol. The molecular formula is C19H29N5. The van der Waals surface area contributed by atoms with Crippen LogP contribution in [0.1, 0.15) is 44.0 Å². The van der Waals surface area contributed by atoms with Crippen molar-refractivity contribution in [1.29, 1.82) is 0 Å². The Hall–Kier alpha value is -2.30. The van der Waals surface area contributed by atoms with Gasteiger partial charge in [-0.25, -0.2) is 4.98 Å². The Morgan fingerprint density at radius 1 is 1.21 bits per heavy atom. The van der Waals surface area contributed by atoms with Crippen LogP contribution in [0.5, 0.6) is 0 Å². The smallest absolute Gasteiger partial charge is 0.188 e. The minimum absolute atomic E-state index is 0.535. The molecule has 3 N–H and O–H groups in total. The van der Waals surface area contributed by atoms with Crippen LogP contribution in [-0.4, -0.2) is 28.6 Å². The van der Waals surface area contributed by atoms with Crippen LogP contribution in [0, 0.1) is 0 Å². The van der Waals surface area contributed by atoms with E-state index in [1.807, 2.05) is 18.5 Å². The summed E-state index contributed by atoms with van der Waals surface area (Å²) in [5.41, 5.74) is 7.18. The number of rotatable bonds is 10.